The first-order valence-corrected chi connectivity index (χ1v) is 6.15. The second-order valence-electron chi connectivity index (χ2n) is 5.36. The highest BCUT2D eigenvalue weighted by Crippen LogP contribution is 2.54. The summed E-state index contributed by atoms with van der Waals surface area (Å²) in [7, 11) is 0. The number of aromatic amines is 1. The van der Waals surface area contributed by atoms with Gasteiger partial charge in [-0.3, -0.25) is 9.36 Å². The van der Waals surface area contributed by atoms with Gasteiger partial charge in [-0.25, -0.2) is 0 Å². The Hall–Kier alpha value is -1.42. The third-order valence-electron chi connectivity index (χ3n) is 3.61. The van der Waals surface area contributed by atoms with E-state index in [9.17, 15) is 4.79 Å². The highest BCUT2D eigenvalue weighted by molar-refractivity contribution is 7.71. The summed E-state index contributed by atoms with van der Waals surface area (Å²) in [6.45, 7) is 4.32. The Morgan fingerprint density at radius 2 is 2.06 bits per heavy atom. The van der Waals surface area contributed by atoms with Gasteiger partial charge in [0.1, 0.15) is 0 Å². The number of aromatic nitrogens is 2. The SMILES string of the molecule is CC1(C)CC1n1c(=S)[nH]c2ccccc2c1=O. The molecular weight excluding hydrogens is 232 g/mol. The summed E-state index contributed by atoms with van der Waals surface area (Å²) >= 11 is 5.29. The molecule has 1 aromatic heterocycles. The minimum atomic E-state index is 0.0277. The van der Waals surface area contributed by atoms with E-state index in [1.165, 1.54) is 0 Å². The Morgan fingerprint density at radius 1 is 1.41 bits per heavy atom. The average molecular weight is 246 g/mol. The molecule has 3 rings (SSSR count). The lowest BCUT2D eigenvalue weighted by atomic mass is 10.2. The minimum absolute atomic E-state index is 0.0277. The third kappa shape index (κ3) is 1.55. The summed E-state index contributed by atoms with van der Waals surface area (Å²) in [4.78, 5) is 15.5. The van der Waals surface area contributed by atoms with Crippen molar-refractivity contribution in [2.45, 2.75) is 26.3 Å². The van der Waals surface area contributed by atoms with Crippen molar-refractivity contribution in [1.29, 1.82) is 0 Å². The molecule has 0 saturated heterocycles. The minimum Gasteiger partial charge on any atom is -0.332 e. The number of H-pyrrole nitrogens is 1. The molecule has 4 heteroatoms. The van der Waals surface area contributed by atoms with Crippen molar-refractivity contribution < 1.29 is 0 Å². The second-order valence-corrected chi connectivity index (χ2v) is 5.75. The summed E-state index contributed by atoms with van der Waals surface area (Å²) in [5.41, 5.74) is 1.03. The van der Waals surface area contributed by atoms with E-state index >= 15 is 0 Å². The van der Waals surface area contributed by atoms with Gasteiger partial charge in [-0.1, -0.05) is 26.0 Å². The van der Waals surface area contributed by atoms with Crippen molar-refractivity contribution in [3.05, 3.63) is 39.4 Å². The highest BCUT2D eigenvalue weighted by atomic mass is 32.1. The smallest absolute Gasteiger partial charge is 0.262 e. The van der Waals surface area contributed by atoms with Crippen LogP contribution in [0.15, 0.2) is 29.1 Å². The fourth-order valence-electron chi connectivity index (χ4n) is 2.34. The maximum atomic E-state index is 12.4. The van der Waals surface area contributed by atoms with Crippen LogP contribution in [0.1, 0.15) is 26.3 Å². The van der Waals surface area contributed by atoms with Crippen molar-refractivity contribution in [3.8, 4) is 0 Å². The van der Waals surface area contributed by atoms with Crippen LogP contribution in [-0.2, 0) is 0 Å². The van der Waals surface area contributed by atoms with Gasteiger partial charge in [-0.15, -0.1) is 0 Å². The molecule has 1 saturated carbocycles. The van der Waals surface area contributed by atoms with Crippen molar-refractivity contribution in [2.75, 3.05) is 0 Å². The van der Waals surface area contributed by atoms with Gasteiger partial charge in [0.15, 0.2) is 4.77 Å². The maximum absolute atomic E-state index is 12.4. The van der Waals surface area contributed by atoms with Gasteiger partial charge in [0.05, 0.1) is 10.9 Å². The van der Waals surface area contributed by atoms with Gasteiger partial charge in [-0.05, 0) is 36.2 Å². The van der Waals surface area contributed by atoms with Crippen LogP contribution in [0.25, 0.3) is 10.9 Å². The lowest BCUT2D eigenvalue weighted by Crippen LogP contribution is -2.22. The molecular formula is C13H14N2OS. The van der Waals surface area contributed by atoms with E-state index in [1.807, 2.05) is 24.3 Å². The quantitative estimate of drug-likeness (QED) is 0.785. The molecule has 0 spiro atoms. The molecule has 1 atom stereocenters. The average Bonchev–Trinajstić information content (AvgIpc) is 2.87. The summed E-state index contributed by atoms with van der Waals surface area (Å²) < 4.78 is 2.27. The Morgan fingerprint density at radius 3 is 2.71 bits per heavy atom. The normalized spacial score (nSPS) is 21.6. The third-order valence-corrected chi connectivity index (χ3v) is 3.91. The molecule has 0 bridgehead atoms. The number of nitrogens with zero attached hydrogens (tertiary/aromatic N) is 1. The standard InChI is InChI=1S/C13H14N2OS/c1-13(2)7-10(13)15-11(16)8-5-3-4-6-9(8)14-12(15)17/h3-6,10H,7H2,1-2H3,(H,14,17). The number of hydrogen-bond donors (Lipinski definition) is 1. The number of rotatable bonds is 1. The van der Waals surface area contributed by atoms with Crippen molar-refractivity contribution in [1.82, 2.24) is 9.55 Å². The molecule has 0 aliphatic heterocycles. The van der Waals surface area contributed by atoms with Crippen molar-refractivity contribution in [3.63, 3.8) is 0 Å². The monoisotopic (exact) mass is 246 g/mol. The molecule has 1 unspecified atom stereocenters. The predicted molar refractivity (Wildman–Crippen MR) is 70.8 cm³/mol. The molecule has 1 aliphatic rings. The van der Waals surface area contributed by atoms with Crippen LogP contribution in [0, 0.1) is 10.2 Å². The molecule has 1 fully saturated rings. The Bertz CT molecular complexity index is 711. The topological polar surface area (TPSA) is 37.8 Å². The van der Waals surface area contributed by atoms with Gasteiger partial charge in [0, 0.05) is 6.04 Å². The fourth-order valence-corrected chi connectivity index (χ4v) is 2.66. The number of para-hydroxylation sites is 1. The number of nitrogens with one attached hydrogen (secondary N) is 1. The summed E-state index contributed by atoms with van der Waals surface area (Å²) in [6.07, 6.45) is 1.02. The summed E-state index contributed by atoms with van der Waals surface area (Å²) in [6, 6.07) is 7.74. The molecule has 1 heterocycles. The molecule has 1 aromatic carbocycles. The van der Waals surface area contributed by atoms with Crippen molar-refractivity contribution in [2.24, 2.45) is 5.41 Å². The van der Waals surface area contributed by atoms with Crippen LogP contribution in [0.3, 0.4) is 0 Å². The van der Waals surface area contributed by atoms with Crippen LogP contribution in [0.4, 0.5) is 0 Å². The first-order valence-electron chi connectivity index (χ1n) is 5.74. The molecule has 88 valence electrons. The molecule has 0 amide bonds. The number of benzene rings is 1. The van der Waals surface area contributed by atoms with E-state index in [0.717, 1.165) is 11.9 Å². The van der Waals surface area contributed by atoms with Crippen LogP contribution in [0.2, 0.25) is 0 Å². The van der Waals surface area contributed by atoms with Gasteiger partial charge in [0.25, 0.3) is 5.56 Å². The number of hydrogen-bond acceptors (Lipinski definition) is 2. The van der Waals surface area contributed by atoms with Crippen LogP contribution < -0.4 is 5.56 Å². The highest BCUT2D eigenvalue weighted by Gasteiger charge is 2.48. The van der Waals surface area contributed by atoms with Gasteiger partial charge in [0.2, 0.25) is 0 Å². The molecule has 3 nitrogen and oxygen atoms in total. The Labute approximate surface area is 104 Å². The van der Waals surface area contributed by atoms with Crippen molar-refractivity contribution >= 4 is 23.1 Å². The van der Waals surface area contributed by atoms with E-state index in [4.69, 9.17) is 12.2 Å². The lowest BCUT2D eigenvalue weighted by Gasteiger charge is -2.09. The molecule has 0 radical (unpaired) electrons. The fraction of sp³-hybridized carbons (Fsp3) is 0.385. The Balaban J connectivity index is 2.34. The molecule has 1 aliphatic carbocycles. The molecule has 17 heavy (non-hydrogen) atoms. The van der Waals surface area contributed by atoms with Crippen LogP contribution in [-0.4, -0.2) is 9.55 Å². The summed E-state index contributed by atoms with van der Waals surface area (Å²) in [5, 5.41) is 0.712. The van der Waals surface area contributed by atoms with Crippen LogP contribution in [0.5, 0.6) is 0 Å². The maximum Gasteiger partial charge on any atom is 0.262 e. The van der Waals surface area contributed by atoms with Gasteiger partial charge in [-0.2, -0.15) is 0 Å². The zero-order valence-corrected chi connectivity index (χ0v) is 10.7. The predicted octanol–water partition coefficient (Wildman–Crippen LogP) is 3.03. The van der Waals surface area contributed by atoms with E-state index in [2.05, 4.69) is 18.8 Å². The molecule has 2 aromatic rings. The summed E-state index contributed by atoms with van der Waals surface area (Å²) in [5.74, 6) is 0. The van der Waals surface area contributed by atoms with E-state index in [-0.39, 0.29) is 17.0 Å². The van der Waals surface area contributed by atoms with E-state index in [1.54, 1.807) is 4.57 Å². The van der Waals surface area contributed by atoms with Crippen LogP contribution >= 0.6 is 12.2 Å². The van der Waals surface area contributed by atoms with E-state index < -0.39 is 0 Å². The zero-order valence-electron chi connectivity index (χ0n) is 9.86. The lowest BCUT2D eigenvalue weighted by molar-refractivity contribution is 0.524. The largest absolute Gasteiger partial charge is 0.332 e. The number of fused-ring (bicyclic) bond motifs is 1. The zero-order chi connectivity index (χ0) is 12.2. The van der Waals surface area contributed by atoms with Gasteiger partial charge >= 0.3 is 0 Å². The van der Waals surface area contributed by atoms with E-state index in [0.29, 0.717) is 10.2 Å². The Kier molecular flexibility index (Phi) is 2.08. The first-order chi connectivity index (χ1) is 8.00. The first kappa shape index (κ1) is 10.7. The molecule has 1 N–H and O–H groups in total. The van der Waals surface area contributed by atoms with Gasteiger partial charge < -0.3 is 4.98 Å². The second kappa shape index (κ2) is 3.29.